The van der Waals surface area contributed by atoms with Gasteiger partial charge in [-0.05, 0) is 19.4 Å². The molecule has 1 aromatic rings. The van der Waals surface area contributed by atoms with E-state index in [2.05, 4.69) is 15.5 Å². The van der Waals surface area contributed by atoms with E-state index in [0.717, 1.165) is 19.4 Å². The summed E-state index contributed by atoms with van der Waals surface area (Å²) in [5.74, 6) is 0. The fraction of sp³-hybridized carbons (Fsp3) is 0.667. The highest BCUT2D eigenvalue weighted by atomic mass is 32.2. The smallest absolute Gasteiger partial charge is 0.245 e. The normalized spacial score (nSPS) is 21.8. The molecule has 0 aliphatic carbocycles. The van der Waals surface area contributed by atoms with Crippen LogP contribution in [0.2, 0.25) is 0 Å². The largest absolute Gasteiger partial charge is 0.313 e. The SMILES string of the molecule is CN(CC1CCCN1)S(=O)(=O)c1cn[nH]c1. The molecule has 16 heavy (non-hydrogen) atoms. The molecule has 1 fully saturated rings. The fourth-order valence-electron chi connectivity index (χ4n) is 1.88. The minimum absolute atomic E-state index is 0.216. The molecule has 0 saturated carbocycles. The zero-order valence-electron chi connectivity index (χ0n) is 9.18. The highest BCUT2D eigenvalue weighted by Gasteiger charge is 2.25. The Morgan fingerprint density at radius 1 is 1.62 bits per heavy atom. The Morgan fingerprint density at radius 2 is 2.44 bits per heavy atom. The number of sulfonamides is 1. The highest BCUT2D eigenvalue weighted by molar-refractivity contribution is 7.89. The predicted molar refractivity (Wildman–Crippen MR) is 59.4 cm³/mol. The van der Waals surface area contributed by atoms with Crippen LogP contribution in [0.4, 0.5) is 0 Å². The van der Waals surface area contributed by atoms with E-state index in [0.29, 0.717) is 6.54 Å². The molecule has 1 unspecified atom stereocenters. The van der Waals surface area contributed by atoms with E-state index in [1.807, 2.05) is 0 Å². The van der Waals surface area contributed by atoms with E-state index in [1.54, 1.807) is 7.05 Å². The van der Waals surface area contributed by atoms with Gasteiger partial charge in [0.25, 0.3) is 0 Å². The molecule has 0 bridgehead atoms. The Bertz CT molecular complexity index is 422. The summed E-state index contributed by atoms with van der Waals surface area (Å²) < 4.78 is 25.4. The molecule has 1 saturated heterocycles. The second kappa shape index (κ2) is 4.52. The molecule has 0 amide bonds. The van der Waals surface area contributed by atoms with Crippen molar-refractivity contribution in [3.63, 3.8) is 0 Å². The Morgan fingerprint density at radius 3 is 3.00 bits per heavy atom. The van der Waals surface area contributed by atoms with Gasteiger partial charge in [-0.15, -0.1) is 0 Å². The first kappa shape index (κ1) is 11.6. The lowest BCUT2D eigenvalue weighted by Gasteiger charge is -2.20. The molecule has 90 valence electrons. The van der Waals surface area contributed by atoms with Crippen LogP contribution < -0.4 is 5.32 Å². The molecule has 2 rings (SSSR count). The highest BCUT2D eigenvalue weighted by Crippen LogP contribution is 2.14. The maximum atomic E-state index is 12.0. The van der Waals surface area contributed by atoms with Crippen LogP contribution in [0.3, 0.4) is 0 Å². The molecule has 1 aromatic heterocycles. The summed E-state index contributed by atoms with van der Waals surface area (Å²) in [6.45, 7) is 1.48. The van der Waals surface area contributed by atoms with Gasteiger partial charge in [0.2, 0.25) is 10.0 Å². The van der Waals surface area contributed by atoms with Gasteiger partial charge in [0.15, 0.2) is 0 Å². The van der Waals surface area contributed by atoms with Crippen LogP contribution in [-0.2, 0) is 10.0 Å². The van der Waals surface area contributed by atoms with Gasteiger partial charge < -0.3 is 5.32 Å². The second-order valence-electron chi connectivity index (χ2n) is 4.01. The van der Waals surface area contributed by atoms with Crippen LogP contribution in [0.15, 0.2) is 17.3 Å². The summed E-state index contributed by atoms with van der Waals surface area (Å²) in [4.78, 5) is 0.216. The van der Waals surface area contributed by atoms with E-state index in [9.17, 15) is 8.42 Å². The van der Waals surface area contributed by atoms with E-state index in [-0.39, 0.29) is 10.9 Å². The van der Waals surface area contributed by atoms with Crippen molar-refractivity contribution in [3.05, 3.63) is 12.4 Å². The summed E-state index contributed by atoms with van der Waals surface area (Å²) in [6, 6.07) is 0.270. The molecule has 0 spiro atoms. The Hall–Kier alpha value is -0.920. The lowest BCUT2D eigenvalue weighted by atomic mass is 10.2. The average Bonchev–Trinajstić information content (AvgIpc) is 2.89. The number of nitrogens with one attached hydrogen (secondary N) is 2. The van der Waals surface area contributed by atoms with Crippen LogP contribution >= 0.6 is 0 Å². The fourth-order valence-corrected chi connectivity index (χ4v) is 3.00. The average molecular weight is 244 g/mol. The minimum atomic E-state index is -3.38. The van der Waals surface area contributed by atoms with Gasteiger partial charge in [0.05, 0.1) is 6.20 Å². The standard InChI is InChI=1S/C9H16N4O2S/c1-13(7-8-3-2-4-10-8)16(14,15)9-5-11-12-6-9/h5-6,8,10H,2-4,7H2,1H3,(H,11,12). The van der Waals surface area contributed by atoms with Gasteiger partial charge in [-0.25, -0.2) is 8.42 Å². The number of hydrogen-bond donors (Lipinski definition) is 2. The predicted octanol–water partition coefficient (Wildman–Crippen LogP) is -0.218. The number of aromatic nitrogens is 2. The van der Waals surface area contributed by atoms with Crippen molar-refractivity contribution < 1.29 is 8.42 Å². The maximum Gasteiger partial charge on any atom is 0.245 e. The van der Waals surface area contributed by atoms with Gasteiger partial charge >= 0.3 is 0 Å². The monoisotopic (exact) mass is 244 g/mol. The minimum Gasteiger partial charge on any atom is -0.313 e. The van der Waals surface area contributed by atoms with Crippen LogP contribution in [0.5, 0.6) is 0 Å². The summed E-state index contributed by atoms with van der Waals surface area (Å²) in [7, 11) is -1.78. The van der Waals surface area contributed by atoms with Gasteiger partial charge in [0.1, 0.15) is 4.90 Å². The van der Waals surface area contributed by atoms with Gasteiger partial charge in [0, 0.05) is 25.8 Å². The molecule has 7 heteroatoms. The second-order valence-corrected chi connectivity index (χ2v) is 6.06. The van der Waals surface area contributed by atoms with Crippen molar-refractivity contribution in [1.82, 2.24) is 19.8 Å². The first-order chi connectivity index (χ1) is 7.60. The summed E-state index contributed by atoms with van der Waals surface area (Å²) in [5.41, 5.74) is 0. The number of aromatic amines is 1. The van der Waals surface area contributed by atoms with Crippen molar-refractivity contribution >= 4 is 10.0 Å². The molecule has 1 atom stereocenters. The Kier molecular flexibility index (Phi) is 3.27. The third-order valence-corrected chi connectivity index (χ3v) is 4.61. The molecule has 1 aliphatic heterocycles. The molecule has 6 nitrogen and oxygen atoms in total. The van der Waals surface area contributed by atoms with Crippen LogP contribution in [0.1, 0.15) is 12.8 Å². The van der Waals surface area contributed by atoms with Crippen molar-refractivity contribution in [2.45, 2.75) is 23.8 Å². The van der Waals surface area contributed by atoms with E-state index in [1.165, 1.54) is 16.7 Å². The van der Waals surface area contributed by atoms with Gasteiger partial charge in [-0.3, -0.25) is 5.10 Å². The summed E-state index contributed by atoms with van der Waals surface area (Å²) >= 11 is 0. The Labute approximate surface area is 95.1 Å². The zero-order valence-corrected chi connectivity index (χ0v) is 10.00. The third-order valence-electron chi connectivity index (χ3n) is 2.82. The first-order valence-electron chi connectivity index (χ1n) is 5.29. The molecule has 2 N–H and O–H groups in total. The summed E-state index contributed by atoms with van der Waals surface area (Å²) in [6.07, 6.45) is 4.87. The molecular weight excluding hydrogens is 228 g/mol. The maximum absolute atomic E-state index is 12.0. The third kappa shape index (κ3) is 2.26. The summed E-state index contributed by atoms with van der Waals surface area (Å²) in [5, 5.41) is 9.44. The number of hydrogen-bond acceptors (Lipinski definition) is 4. The van der Waals surface area contributed by atoms with Crippen molar-refractivity contribution in [1.29, 1.82) is 0 Å². The molecule has 0 aromatic carbocycles. The topological polar surface area (TPSA) is 78.1 Å². The lowest BCUT2D eigenvalue weighted by molar-refractivity contribution is 0.417. The van der Waals surface area contributed by atoms with E-state index >= 15 is 0 Å². The molecule has 2 heterocycles. The van der Waals surface area contributed by atoms with Gasteiger partial charge in [-0.2, -0.15) is 9.40 Å². The van der Waals surface area contributed by atoms with Crippen molar-refractivity contribution in [2.24, 2.45) is 0 Å². The van der Waals surface area contributed by atoms with E-state index in [4.69, 9.17) is 0 Å². The van der Waals surface area contributed by atoms with Crippen molar-refractivity contribution in [2.75, 3.05) is 20.1 Å². The molecular formula is C9H16N4O2S. The number of H-pyrrole nitrogens is 1. The Balaban J connectivity index is 2.06. The first-order valence-corrected chi connectivity index (χ1v) is 6.73. The molecule has 1 aliphatic rings. The van der Waals surface area contributed by atoms with Gasteiger partial charge in [-0.1, -0.05) is 0 Å². The number of likely N-dealkylation sites (N-methyl/N-ethyl adjacent to an activating group) is 1. The number of nitrogens with zero attached hydrogens (tertiary/aromatic N) is 2. The number of rotatable bonds is 4. The van der Waals surface area contributed by atoms with Crippen LogP contribution in [0, 0.1) is 0 Å². The van der Waals surface area contributed by atoms with E-state index < -0.39 is 10.0 Å². The quantitative estimate of drug-likeness (QED) is 0.767. The van der Waals surface area contributed by atoms with Crippen LogP contribution in [0.25, 0.3) is 0 Å². The molecule has 0 radical (unpaired) electrons. The van der Waals surface area contributed by atoms with Crippen molar-refractivity contribution in [3.8, 4) is 0 Å². The zero-order chi connectivity index (χ0) is 11.6. The lowest BCUT2D eigenvalue weighted by Crippen LogP contribution is -2.38. The van der Waals surface area contributed by atoms with Crippen LogP contribution in [-0.4, -0.2) is 49.1 Å².